The van der Waals surface area contributed by atoms with E-state index in [1.807, 2.05) is 42.5 Å². The largest absolute Gasteiger partial charge is 0.497 e. The van der Waals surface area contributed by atoms with E-state index in [1.165, 1.54) is 5.56 Å². The molecule has 3 aromatic rings. The highest BCUT2D eigenvalue weighted by Crippen LogP contribution is 2.27. The van der Waals surface area contributed by atoms with Crippen molar-refractivity contribution in [3.63, 3.8) is 0 Å². The molecule has 29 heavy (non-hydrogen) atoms. The molecule has 6 nitrogen and oxygen atoms in total. The van der Waals surface area contributed by atoms with E-state index >= 15 is 0 Å². The van der Waals surface area contributed by atoms with Gasteiger partial charge < -0.3 is 14.5 Å². The maximum atomic E-state index is 13.0. The average molecular weight is 411 g/mol. The SMILES string of the molecule is COc1ccc2c(C)nc(N3CCCC(C(=O)N(C)Cc4ccsc4)C3)nc2c1. The molecule has 1 saturated heterocycles. The van der Waals surface area contributed by atoms with Gasteiger partial charge in [0.1, 0.15) is 5.75 Å². The molecule has 1 aromatic carbocycles. The molecular formula is C22H26N4O2S. The molecular weight excluding hydrogens is 384 g/mol. The highest BCUT2D eigenvalue weighted by Gasteiger charge is 2.29. The standard InChI is InChI=1S/C22H26N4O2S/c1-15-19-7-6-18(28-3)11-20(19)24-22(23-15)26-9-4-5-17(13-26)21(27)25(2)12-16-8-10-29-14-16/h6-8,10-11,14,17H,4-5,9,12-13H2,1-3H3. The monoisotopic (exact) mass is 410 g/mol. The maximum absolute atomic E-state index is 13.0. The smallest absolute Gasteiger partial charge is 0.227 e. The fraction of sp³-hybridized carbons (Fsp3) is 0.409. The summed E-state index contributed by atoms with van der Waals surface area (Å²) in [5.74, 6) is 1.64. The van der Waals surface area contributed by atoms with Gasteiger partial charge in [0.2, 0.25) is 11.9 Å². The summed E-state index contributed by atoms with van der Waals surface area (Å²) in [6, 6.07) is 7.93. The number of methoxy groups -OCH3 is 1. The second-order valence-electron chi connectivity index (χ2n) is 7.60. The van der Waals surface area contributed by atoms with Gasteiger partial charge in [-0.05, 0) is 54.3 Å². The molecule has 0 N–H and O–H groups in total. The zero-order chi connectivity index (χ0) is 20.4. The number of piperidine rings is 1. The number of amides is 1. The van der Waals surface area contributed by atoms with Gasteiger partial charge in [0.25, 0.3) is 0 Å². The van der Waals surface area contributed by atoms with Gasteiger partial charge in [-0.2, -0.15) is 11.3 Å². The van der Waals surface area contributed by atoms with Gasteiger partial charge in [0.15, 0.2) is 0 Å². The third-order valence-electron chi connectivity index (χ3n) is 5.51. The first kappa shape index (κ1) is 19.6. The van der Waals surface area contributed by atoms with Crippen LogP contribution in [0.15, 0.2) is 35.0 Å². The molecule has 0 spiro atoms. The Morgan fingerprint density at radius 1 is 1.34 bits per heavy atom. The molecule has 3 heterocycles. The quantitative estimate of drug-likeness (QED) is 0.639. The van der Waals surface area contributed by atoms with Crippen LogP contribution in [0, 0.1) is 12.8 Å². The van der Waals surface area contributed by atoms with E-state index in [0.29, 0.717) is 19.0 Å². The molecule has 0 radical (unpaired) electrons. The topological polar surface area (TPSA) is 58.6 Å². The van der Waals surface area contributed by atoms with Gasteiger partial charge in [-0.25, -0.2) is 9.97 Å². The number of ether oxygens (including phenoxy) is 1. The Hall–Kier alpha value is -2.67. The summed E-state index contributed by atoms with van der Waals surface area (Å²) in [5.41, 5.74) is 2.99. The number of carbonyl (C=O) groups is 1. The zero-order valence-corrected chi connectivity index (χ0v) is 17.9. The molecule has 0 aliphatic carbocycles. The lowest BCUT2D eigenvalue weighted by atomic mass is 9.96. The Morgan fingerprint density at radius 2 is 2.21 bits per heavy atom. The molecule has 152 valence electrons. The number of hydrogen-bond acceptors (Lipinski definition) is 6. The minimum absolute atomic E-state index is 0.0303. The maximum Gasteiger partial charge on any atom is 0.227 e. The first-order valence-corrected chi connectivity index (χ1v) is 10.8. The van der Waals surface area contributed by atoms with Crippen molar-refractivity contribution in [1.82, 2.24) is 14.9 Å². The molecule has 1 fully saturated rings. The van der Waals surface area contributed by atoms with Crippen molar-refractivity contribution in [1.29, 1.82) is 0 Å². The Bertz CT molecular complexity index is 1010. The number of aromatic nitrogens is 2. The second-order valence-corrected chi connectivity index (χ2v) is 8.38. The fourth-order valence-corrected chi connectivity index (χ4v) is 4.59. The number of carbonyl (C=O) groups excluding carboxylic acids is 1. The average Bonchev–Trinajstić information content (AvgIpc) is 3.25. The summed E-state index contributed by atoms with van der Waals surface area (Å²) in [5, 5.41) is 5.16. The molecule has 0 saturated carbocycles. The van der Waals surface area contributed by atoms with Crippen molar-refractivity contribution < 1.29 is 9.53 Å². The van der Waals surface area contributed by atoms with E-state index in [9.17, 15) is 4.79 Å². The lowest BCUT2D eigenvalue weighted by Crippen LogP contribution is -2.44. The van der Waals surface area contributed by atoms with E-state index in [0.717, 1.165) is 41.7 Å². The van der Waals surface area contributed by atoms with Crippen molar-refractivity contribution in [2.75, 3.05) is 32.1 Å². The van der Waals surface area contributed by atoms with Crippen molar-refractivity contribution in [3.05, 3.63) is 46.3 Å². The third-order valence-corrected chi connectivity index (χ3v) is 6.24. The molecule has 1 unspecified atom stereocenters. The second kappa shape index (κ2) is 8.37. The van der Waals surface area contributed by atoms with Crippen LogP contribution in [-0.2, 0) is 11.3 Å². The third kappa shape index (κ3) is 4.19. The van der Waals surface area contributed by atoms with Crippen LogP contribution in [-0.4, -0.2) is 48.0 Å². The molecule has 1 aliphatic heterocycles. The van der Waals surface area contributed by atoms with Crippen LogP contribution >= 0.6 is 11.3 Å². The summed E-state index contributed by atoms with van der Waals surface area (Å²) in [7, 11) is 3.55. The molecule has 1 atom stereocenters. The predicted molar refractivity (Wildman–Crippen MR) is 117 cm³/mol. The van der Waals surface area contributed by atoms with Gasteiger partial charge in [0.05, 0.1) is 24.2 Å². The van der Waals surface area contributed by atoms with Crippen LogP contribution in [0.5, 0.6) is 5.75 Å². The van der Waals surface area contributed by atoms with Crippen molar-refractivity contribution in [2.24, 2.45) is 5.92 Å². The summed E-state index contributed by atoms with van der Waals surface area (Å²) in [4.78, 5) is 26.5. The van der Waals surface area contributed by atoms with Crippen molar-refractivity contribution >= 4 is 34.1 Å². The lowest BCUT2D eigenvalue weighted by molar-refractivity contribution is -0.135. The fourth-order valence-electron chi connectivity index (χ4n) is 3.93. The number of nitrogens with zero attached hydrogens (tertiary/aromatic N) is 4. The van der Waals surface area contributed by atoms with Crippen LogP contribution < -0.4 is 9.64 Å². The highest BCUT2D eigenvalue weighted by atomic mass is 32.1. The Morgan fingerprint density at radius 3 is 2.97 bits per heavy atom. The van der Waals surface area contributed by atoms with E-state index in [-0.39, 0.29) is 11.8 Å². The molecule has 7 heteroatoms. The van der Waals surface area contributed by atoms with E-state index in [4.69, 9.17) is 14.7 Å². The van der Waals surface area contributed by atoms with Gasteiger partial charge >= 0.3 is 0 Å². The van der Waals surface area contributed by atoms with Crippen LogP contribution in [0.3, 0.4) is 0 Å². The first-order valence-electron chi connectivity index (χ1n) is 9.88. The van der Waals surface area contributed by atoms with Crippen LogP contribution in [0.2, 0.25) is 0 Å². The summed E-state index contributed by atoms with van der Waals surface area (Å²) < 4.78 is 5.34. The number of hydrogen-bond donors (Lipinski definition) is 0. The molecule has 1 aliphatic rings. The highest BCUT2D eigenvalue weighted by molar-refractivity contribution is 7.07. The number of aryl methyl sites for hydroxylation is 1. The summed E-state index contributed by atoms with van der Waals surface area (Å²) >= 11 is 1.66. The van der Waals surface area contributed by atoms with E-state index in [2.05, 4.69) is 16.3 Å². The Kier molecular flexibility index (Phi) is 5.67. The zero-order valence-electron chi connectivity index (χ0n) is 17.1. The number of rotatable bonds is 5. The first-order chi connectivity index (χ1) is 14.0. The number of fused-ring (bicyclic) bond motifs is 1. The summed E-state index contributed by atoms with van der Waals surface area (Å²) in [6.45, 7) is 4.18. The van der Waals surface area contributed by atoms with E-state index < -0.39 is 0 Å². The molecule has 0 bridgehead atoms. The normalized spacial score (nSPS) is 16.8. The minimum atomic E-state index is -0.0303. The van der Waals surface area contributed by atoms with Crippen LogP contribution in [0.1, 0.15) is 24.1 Å². The van der Waals surface area contributed by atoms with E-state index in [1.54, 1.807) is 18.4 Å². The van der Waals surface area contributed by atoms with Gasteiger partial charge in [-0.3, -0.25) is 4.79 Å². The van der Waals surface area contributed by atoms with Crippen LogP contribution in [0.4, 0.5) is 5.95 Å². The van der Waals surface area contributed by atoms with Crippen molar-refractivity contribution in [3.8, 4) is 5.75 Å². The number of benzene rings is 1. The van der Waals surface area contributed by atoms with Crippen LogP contribution in [0.25, 0.3) is 10.9 Å². The lowest BCUT2D eigenvalue weighted by Gasteiger charge is -2.34. The number of thiophene rings is 1. The molecule has 1 amide bonds. The number of anilines is 1. The van der Waals surface area contributed by atoms with Gasteiger partial charge in [-0.15, -0.1) is 0 Å². The minimum Gasteiger partial charge on any atom is -0.497 e. The molecule has 4 rings (SSSR count). The predicted octanol–water partition coefficient (Wildman–Crippen LogP) is 3.88. The van der Waals surface area contributed by atoms with Gasteiger partial charge in [-0.1, -0.05) is 0 Å². The molecule has 2 aromatic heterocycles. The van der Waals surface area contributed by atoms with Gasteiger partial charge in [0, 0.05) is 38.1 Å². The Balaban J connectivity index is 1.52. The Labute approximate surface area is 175 Å². The van der Waals surface area contributed by atoms with Crippen molar-refractivity contribution in [2.45, 2.75) is 26.3 Å². The summed E-state index contributed by atoms with van der Waals surface area (Å²) in [6.07, 6.45) is 1.87.